The molecule has 1 heterocycles. The number of aliphatic hydroxyl groups excluding tert-OH is 2. The summed E-state index contributed by atoms with van der Waals surface area (Å²) in [4.78, 5) is 27.4. The number of hydrogen-bond donors (Lipinski definition) is 2. The van der Waals surface area contributed by atoms with Crippen LogP contribution < -0.4 is 0 Å². The molecule has 7 nitrogen and oxygen atoms in total. The summed E-state index contributed by atoms with van der Waals surface area (Å²) in [6.07, 6.45) is 8.68. The lowest BCUT2D eigenvalue weighted by Crippen LogP contribution is -2.47. The monoisotopic (exact) mass is 497 g/mol. The van der Waals surface area contributed by atoms with Crippen molar-refractivity contribution in [3.05, 3.63) is 66.0 Å². The summed E-state index contributed by atoms with van der Waals surface area (Å²) in [5.74, 6) is 0.383. The first-order valence-electron chi connectivity index (χ1n) is 12.9. The minimum Gasteiger partial charge on any atom is -0.491 e. The number of esters is 1. The second-order valence-electron chi connectivity index (χ2n) is 9.85. The molecular formula is C29H39NO6. The minimum atomic E-state index is -0.958. The van der Waals surface area contributed by atoms with E-state index in [1.54, 1.807) is 4.90 Å². The molecule has 1 amide bonds. The van der Waals surface area contributed by atoms with Gasteiger partial charge in [0.05, 0.1) is 12.0 Å². The first-order chi connectivity index (χ1) is 17.3. The van der Waals surface area contributed by atoms with E-state index in [2.05, 4.69) is 13.8 Å². The maximum absolute atomic E-state index is 13.3. The number of allylic oxidation sites excluding steroid dienone is 1. The van der Waals surface area contributed by atoms with E-state index in [0.29, 0.717) is 36.6 Å². The van der Waals surface area contributed by atoms with Crippen LogP contribution in [0.15, 0.2) is 60.4 Å². The van der Waals surface area contributed by atoms with Gasteiger partial charge in [-0.05, 0) is 42.9 Å². The number of carbonyl (C=O) groups excluding carboxylic acids is 2. The topological polar surface area (TPSA) is 96.3 Å². The molecule has 7 heteroatoms. The van der Waals surface area contributed by atoms with Crippen molar-refractivity contribution < 1.29 is 29.3 Å². The van der Waals surface area contributed by atoms with Crippen LogP contribution in [-0.4, -0.2) is 65.5 Å². The Labute approximate surface area is 214 Å². The Bertz CT molecular complexity index is 967. The van der Waals surface area contributed by atoms with Gasteiger partial charge in [0.2, 0.25) is 0 Å². The molecule has 0 fully saturated rings. The van der Waals surface area contributed by atoms with Crippen molar-refractivity contribution in [2.75, 3.05) is 26.4 Å². The molecule has 4 atom stereocenters. The number of benzene rings is 1. The summed E-state index contributed by atoms with van der Waals surface area (Å²) in [5.41, 5.74) is 1.52. The van der Waals surface area contributed by atoms with E-state index in [1.165, 1.54) is 0 Å². The summed E-state index contributed by atoms with van der Waals surface area (Å²) >= 11 is 0. The van der Waals surface area contributed by atoms with Crippen molar-refractivity contribution >= 4 is 17.4 Å². The summed E-state index contributed by atoms with van der Waals surface area (Å²) in [6.45, 7) is 6.36. The molecule has 4 unspecified atom stereocenters. The molecule has 0 bridgehead atoms. The lowest BCUT2D eigenvalue weighted by atomic mass is 9.85. The van der Waals surface area contributed by atoms with Gasteiger partial charge in [0.1, 0.15) is 25.1 Å². The molecule has 1 aromatic carbocycles. The molecule has 0 radical (unpaired) electrons. The highest BCUT2D eigenvalue weighted by atomic mass is 16.5. The molecule has 36 heavy (non-hydrogen) atoms. The zero-order chi connectivity index (χ0) is 26.1. The standard InChI is InChI=1S/C29H39NO6/c1-4-21(15-20(2)3)29(34)36-19-24(32)18-35-25-12-11-23-16-26(22-9-6-5-7-10-22)28(33)30(13-8-14-31)27(23)17-25/h5-7,9-12,16-17,20-21,23-24,27,31-32H,4,8,13-15,18-19H2,1-3H3. The van der Waals surface area contributed by atoms with Gasteiger partial charge in [-0.25, -0.2) is 0 Å². The number of fused-ring (bicyclic) bond motifs is 1. The van der Waals surface area contributed by atoms with Gasteiger partial charge in [0, 0.05) is 24.6 Å². The molecular weight excluding hydrogens is 458 g/mol. The number of ether oxygens (including phenoxy) is 2. The highest BCUT2D eigenvalue weighted by Gasteiger charge is 2.36. The van der Waals surface area contributed by atoms with Crippen molar-refractivity contribution in [2.24, 2.45) is 17.8 Å². The lowest BCUT2D eigenvalue weighted by Gasteiger charge is -2.39. The first kappa shape index (κ1) is 27.7. The van der Waals surface area contributed by atoms with Crippen LogP contribution in [-0.2, 0) is 19.1 Å². The Morgan fingerprint density at radius 1 is 1.14 bits per heavy atom. The quantitative estimate of drug-likeness (QED) is 0.403. The third kappa shape index (κ3) is 7.31. The number of hydrogen-bond acceptors (Lipinski definition) is 6. The average Bonchev–Trinajstić information content (AvgIpc) is 2.88. The number of amides is 1. The zero-order valence-corrected chi connectivity index (χ0v) is 21.5. The maximum Gasteiger partial charge on any atom is 0.309 e. The van der Waals surface area contributed by atoms with Gasteiger partial charge >= 0.3 is 5.97 Å². The second-order valence-corrected chi connectivity index (χ2v) is 9.85. The summed E-state index contributed by atoms with van der Waals surface area (Å²) in [7, 11) is 0. The predicted molar refractivity (Wildman–Crippen MR) is 138 cm³/mol. The molecule has 1 aliphatic heterocycles. The SMILES string of the molecule is CCC(CC(C)C)C(=O)OCC(O)COC1=CC2C(C=C1)C=C(c1ccccc1)C(=O)N2CCCO. The molecule has 1 aliphatic carbocycles. The Morgan fingerprint density at radius 2 is 1.89 bits per heavy atom. The van der Waals surface area contributed by atoms with Crippen LogP contribution in [0.4, 0.5) is 0 Å². The van der Waals surface area contributed by atoms with Crippen LogP contribution in [0.25, 0.3) is 5.57 Å². The molecule has 0 saturated heterocycles. The van der Waals surface area contributed by atoms with E-state index in [1.807, 2.05) is 61.6 Å². The Hall–Kier alpha value is -2.90. The minimum absolute atomic E-state index is 0.00453. The molecule has 196 valence electrons. The third-order valence-corrected chi connectivity index (χ3v) is 6.51. The van der Waals surface area contributed by atoms with Gasteiger partial charge in [-0.2, -0.15) is 0 Å². The number of nitrogens with zero attached hydrogens (tertiary/aromatic N) is 1. The van der Waals surface area contributed by atoms with E-state index < -0.39 is 6.10 Å². The predicted octanol–water partition coefficient (Wildman–Crippen LogP) is 3.73. The molecule has 0 spiro atoms. The van der Waals surface area contributed by atoms with Crippen molar-refractivity contribution in [3.63, 3.8) is 0 Å². The van der Waals surface area contributed by atoms with E-state index in [-0.39, 0.29) is 49.6 Å². The summed E-state index contributed by atoms with van der Waals surface area (Å²) < 4.78 is 11.1. The van der Waals surface area contributed by atoms with E-state index in [9.17, 15) is 19.8 Å². The van der Waals surface area contributed by atoms with Gasteiger partial charge in [-0.15, -0.1) is 0 Å². The van der Waals surface area contributed by atoms with Crippen molar-refractivity contribution in [3.8, 4) is 0 Å². The van der Waals surface area contributed by atoms with Gasteiger partial charge in [-0.1, -0.05) is 63.3 Å². The molecule has 1 aromatic rings. The van der Waals surface area contributed by atoms with Gasteiger partial charge in [0.25, 0.3) is 5.91 Å². The number of carbonyl (C=O) groups is 2. The Balaban J connectivity index is 1.62. The highest BCUT2D eigenvalue weighted by molar-refractivity contribution is 6.20. The summed E-state index contributed by atoms with van der Waals surface area (Å²) in [6, 6.07) is 9.33. The molecule has 2 N–H and O–H groups in total. The van der Waals surface area contributed by atoms with Crippen LogP contribution in [0.3, 0.4) is 0 Å². The second kappa shape index (κ2) is 13.4. The van der Waals surface area contributed by atoms with Crippen LogP contribution in [0.1, 0.15) is 45.6 Å². The zero-order valence-electron chi connectivity index (χ0n) is 21.5. The normalized spacial score (nSPS) is 20.9. The Morgan fingerprint density at radius 3 is 2.56 bits per heavy atom. The van der Waals surface area contributed by atoms with Crippen molar-refractivity contribution in [1.82, 2.24) is 4.90 Å². The largest absolute Gasteiger partial charge is 0.491 e. The Kier molecular flexibility index (Phi) is 10.3. The molecule has 0 saturated carbocycles. The number of rotatable bonds is 13. The van der Waals surface area contributed by atoms with Gasteiger partial charge in [0.15, 0.2) is 0 Å². The van der Waals surface area contributed by atoms with E-state index >= 15 is 0 Å². The molecule has 0 aromatic heterocycles. The fourth-order valence-corrected chi connectivity index (χ4v) is 4.62. The molecule has 2 aliphatic rings. The lowest BCUT2D eigenvalue weighted by molar-refractivity contribution is -0.153. The third-order valence-electron chi connectivity index (χ3n) is 6.51. The first-order valence-corrected chi connectivity index (χ1v) is 12.9. The molecule has 3 rings (SSSR count). The van der Waals surface area contributed by atoms with E-state index in [0.717, 1.165) is 12.0 Å². The van der Waals surface area contributed by atoms with Gasteiger partial charge < -0.3 is 24.6 Å². The summed E-state index contributed by atoms with van der Waals surface area (Å²) in [5, 5.41) is 19.7. The van der Waals surface area contributed by atoms with E-state index in [4.69, 9.17) is 9.47 Å². The smallest absolute Gasteiger partial charge is 0.309 e. The van der Waals surface area contributed by atoms with Crippen molar-refractivity contribution in [2.45, 2.75) is 52.2 Å². The van der Waals surface area contributed by atoms with Crippen LogP contribution in [0.5, 0.6) is 0 Å². The number of aliphatic hydroxyl groups is 2. The van der Waals surface area contributed by atoms with Crippen molar-refractivity contribution in [1.29, 1.82) is 0 Å². The van der Waals surface area contributed by atoms with Crippen LogP contribution in [0, 0.1) is 17.8 Å². The fourth-order valence-electron chi connectivity index (χ4n) is 4.62. The van der Waals surface area contributed by atoms with Crippen LogP contribution in [0.2, 0.25) is 0 Å². The van der Waals surface area contributed by atoms with Crippen LogP contribution >= 0.6 is 0 Å². The fraction of sp³-hybridized carbons (Fsp3) is 0.517. The van der Waals surface area contributed by atoms with Gasteiger partial charge in [-0.3, -0.25) is 9.59 Å². The average molecular weight is 498 g/mol. The highest BCUT2D eigenvalue weighted by Crippen LogP contribution is 2.34. The maximum atomic E-state index is 13.3.